The summed E-state index contributed by atoms with van der Waals surface area (Å²) in [6.45, 7) is -0.265. The Balaban J connectivity index is 1.94. The molecule has 110 valence electrons. The van der Waals surface area contributed by atoms with E-state index in [-0.39, 0.29) is 6.54 Å². The molecule has 0 radical (unpaired) electrons. The standard InChI is InChI=1S/C13H14N4O4/c1-21-11-4-2-3-9(5-11)15-13(20)16-10-6-14-17(7-10)8-12(18)19/h2-7H,8H2,1H3,(H,18,19)(H2,15,16,20). The van der Waals surface area contributed by atoms with Crippen LogP contribution in [0.4, 0.5) is 16.2 Å². The summed E-state index contributed by atoms with van der Waals surface area (Å²) >= 11 is 0. The minimum Gasteiger partial charge on any atom is -0.497 e. The fourth-order valence-corrected chi connectivity index (χ4v) is 1.65. The van der Waals surface area contributed by atoms with Crippen LogP contribution in [0.15, 0.2) is 36.7 Å². The van der Waals surface area contributed by atoms with Gasteiger partial charge in [0.25, 0.3) is 0 Å². The lowest BCUT2D eigenvalue weighted by Gasteiger charge is -2.07. The number of aromatic nitrogens is 2. The maximum Gasteiger partial charge on any atom is 0.325 e. The number of anilines is 2. The number of nitrogens with zero attached hydrogens (tertiary/aromatic N) is 2. The Kier molecular flexibility index (Phi) is 4.39. The molecule has 1 aromatic heterocycles. The lowest BCUT2D eigenvalue weighted by Crippen LogP contribution is -2.19. The third kappa shape index (κ3) is 4.23. The maximum absolute atomic E-state index is 11.8. The zero-order valence-corrected chi connectivity index (χ0v) is 11.2. The zero-order valence-electron chi connectivity index (χ0n) is 11.2. The molecular weight excluding hydrogens is 276 g/mol. The molecule has 0 fully saturated rings. The van der Waals surface area contributed by atoms with Crippen LogP contribution in [0.5, 0.6) is 5.75 Å². The first-order valence-electron chi connectivity index (χ1n) is 6.03. The third-order valence-corrected chi connectivity index (χ3v) is 2.52. The maximum atomic E-state index is 11.8. The van der Waals surface area contributed by atoms with E-state index >= 15 is 0 Å². The lowest BCUT2D eigenvalue weighted by molar-refractivity contribution is -0.137. The molecule has 21 heavy (non-hydrogen) atoms. The van der Waals surface area contributed by atoms with Crippen molar-refractivity contribution in [2.24, 2.45) is 0 Å². The summed E-state index contributed by atoms with van der Waals surface area (Å²) < 4.78 is 6.27. The van der Waals surface area contributed by atoms with Crippen molar-refractivity contribution in [3.63, 3.8) is 0 Å². The van der Waals surface area contributed by atoms with Crippen LogP contribution in [-0.4, -0.2) is 34.0 Å². The van der Waals surface area contributed by atoms with Crippen molar-refractivity contribution in [3.05, 3.63) is 36.7 Å². The largest absolute Gasteiger partial charge is 0.497 e. The van der Waals surface area contributed by atoms with Crippen molar-refractivity contribution in [1.29, 1.82) is 0 Å². The number of urea groups is 1. The first-order chi connectivity index (χ1) is 10.1. The number of amides is 2. The van der Waals surface area contributed by atoms with Crippen LogP contribution in [0.25, 0.3) is 0 Å². The van der Waals surface area contributed by atoms with Crippen molar-refractivity contribution in [3.8, 4) is 5.75 Å². The van der Waals surface area contributed by atoms with E-state index in [1.165, 1.54) is 24.2 Å². The van der Waals surface area contributed by atoms with Crippen LogP contribution < -0.4 is 15.4 Å². The number of methoxy groups -OCH3 is 1. The van der Waals surface area contributed by atoms with Crippen LogP contribution in [-0.2, 0) is 11.3 Å². The van der Waals surface area contributed by atoms with E-state index < -0.39 is 12.0 Å². The summed E-state index contributed by atoms with van der Waals surface area (Å²) in [6, 6.07) is 6.44. The molecule has 0 aliphatic rings. The van der Waals surface area contributed by atoms with Gasteiger partial charge in [0, 0.05) is 18.0 Å². The molecule has 0 saturated heterocycles. The molecule has 0 unspecified atom stereocenters. The molecule has 0 bridgehead atoms. The van der Waals surface area contributed by atoms with Crippen molar-refractivity contribution < 1.29 is 19.4 Å². The first-order valence-corrected chi connectivity index (χ1v) is 6.03. The quantitative estimate of drug-likeness (QED) is 0.776. The van der Waals surface area contributed by atoms with Crippen molar-refractivity contribution in [2.75, 3.05) is 17.7 Å². The van der Waals surface area contributed by atoms with Gasteiger partial charge in [-0.05, 0) is 12.1 Å². The van der Waals surface area contributed by atoms with E-state index in [0.717, 1.165) is 0 Å². The molecular formula is C13H14N4O4. The number of aliphatic carboxylic acids is 1. The van der Waals surface area contributed by atoms with Crippen molar-refractivity contribution in [2.45, 2.75) is 6.54 Å². The van der Waals surface area contributed by atoms with Gasteiger partial charge in [0.1, 0.15) is 12.3 Å². The summed E-state index contributed by atoms with van der Waals surface area (Å²) in [7, 11) is 1.54. The Morgan fingerprint density at radius 3 is 2.81 bits per heavy atom. The van der Waals surface area contributed by atoms with Crippen LogP contribution in [0.2, 0.25) is 0 Å². The van der Waals surface area contributed by atoms with E-state index in [9.17, 15) is 9.59 Å². The van der Waals surface area contributed by atoms with Gasteiger partial charge < -0.3 is 20.5 Å². The highest BCUT2D eigenvalue weighted by Crippen LogP contribution is 2.17. The SMILES string of the molecule is COc1cccc(NC(=O)Nc2cnn(CC(=O)O)c2)c1. The number of carbonyl (C=O) groups is 2. The average Bonchev–Trinajstić information content (AvgIpc) is 2.85. The number of nitrogens with one attached hydrogen (secondary N) is 2. The second-order valence-electron chi connectivity index (χ2n) is 4.13. The number of carbonyl (C=O) groups excluding carboxylic acids is 1. The van der Waals surface area contributed by atoms with E-state index in [2.05, 4.69) is 15.7 Å². The summed E-state index contributed by atoms with van der Waals surface area (Å²) in [6.07, 6.45) is 2.80. The monoisotopic (exact) mass is 290 g/mol. The Labute approximate surface area is 120 Å². The van der Waals surface area contributed by atoms with E-state index in [1.807, 2.05) is 0 Å². The molecule has 2 rings (SSSR count). The van der Waals surface area contributed by atoms with Gasteiger partial charge in [0.05, 0.1) is 19.0 Å². The molecule has 8 heteroatoms. The van der Waals surface area contributed by atoms with Gasteiger partial charge in [-0.25, -0.2) is 4.79 Å². The Morgan fingerprint density at radius 2 is 2.10 bits per heavy atom. The molecule has 0 aliphatic carbocycles. The van der Waals surface area contributed by atoms with Crippen molar-refractivity contribution in [1.82, 2.24) is 9.78 Å². The smallest absolute Gasteiger partial charge is 0.325 e. The number of carboxylic acids is 1. The number of rotatable bonds is 5. The Hall–Kier alpha value is -3.03. The summed E-state index contributed by atoms with van der Waals surface area (Å²) in [4.78, 5) is 22.3. The minimum absolute atomic E-state index is 0.265. The highest BCUT2D eigenvalue weighted by molar-refractivity contribution is 5.99. The van der Waals surface area contributed by atoms with Crippen LogP contribution in [0.1, 0.15) is 0 Å². The number of ether oxygens (including phenoxy) is 1. The third-order valence-electron chi connectivity index (χ3n) is 2.52. The van der Waals surface area contributed by atoms with Crippen LogP contribution in [0.3, 0.4) is 0 Å². The van der Waals surface area contributed by atoms with Crippen LogP contribution >= 0.6 is 0 Å². The summed E-state index contributed by atoms with van der Waals surface area (Å²) in [5.74, 6) is -0.382. The average molecular weight is 290 g/mol. The van der Waals surface area contributed by atoms with Gasteiger partial charge in [-0.15, -0.1) is 0 Å². The molecule has 2 aromatic rings. The molecule has 2 amide bonds. The fraction of sp³-hybridized carbons (Fsp3) is 0.154. The number of benzene rings is 1. The molecule has 8 nitrogen and oxygen atoms in total. The number of carboxylic acid groups (broad SMARTS) is 1. The predicted octanol–water partition coefficient (Wildman–Crippen LogP) is 1.62. The molecule has 0 atom stereocenters. The van der Waals surface area contributed by atoms with E-state index in [4.69, 9.17) is 9.84 Å². The van der Waals surface area contributed by atoms with Crippen molar-refractivity contribution >= 4 is 23.4 Å². The second kappa shape index (κ2) is 6.42. The van der Waals surface area contributed by atoms with Gasteiger partial charge in [-0.3, -0.25) is 9.48 Å². The number of hydrogen-bond donors (Lipinski definition) is 3. The highest BCUT2D eigenvalue weighted by atomic mass is 16.5. The van der Waals surface area contributed by atoms with Gasteiger partial charge in [0.15, 0.2) is 0 Å². The van der Waals surface area contributed by atoms with Gasteiger partial charge in [-0.2, -0.15) is 5.10 Å². The second-order valence-corrected chi connectivity index (χ2v) is 4.13. The molecule has 0 spiro atoms. The van der Waals surface area contributed by atoms with Crippen LogP contribution in [0, 0.1) is 0 Å². The predicted molar refractivity (Wildman–Crippen MR) is 75.5 cm³/mol. The normalized spacial score (nSPS) is 9.95. The Morgan fingerprint density at radius 1 is 1.33 bits per heavy atom. The molecule has 0 aliphatic heterocycles. The molecule has 1 heterocycles. The Bertz CT molecular complexity index is 653. The number of hydrogen-bond acceptors (Lipinski definition) is 4. The first kappa shape index (κ1) is 14.4. The summed E-state index contributed by atoms with van der Waals surface area (Å²) in [5, 5.41) is 17.6. The van der Waals surface area contributed by atoms with Gasteiger partial charge in [0.2, 0.25) is 0 Å². The van der Waals surface area contributed by atoms with Gasteiger partial charge >= 0.3 is 12.0 Å². The van der Waals surface area contributed by atoms with E-state index in [0.29, 0.717) is 17.1 Å². The zero-order chi connectivity index (χ0) is 15.2. The molecule has 3 N–H and O–H groups in total. The molecule has 0 saturated carbocycles. The highest BCUT2D eigenvalue weighted by Gasteiger charge is 2.07. The topological polar surface area (TPSA) is 105 Å². The summed E-state index contributed by atoms with van der Waals surface area (Å²) in [5.41, 5.74) is 0.974. The van der Waals surface area contributed by atoms with E-state index in [1.54, 1.807) is 24.3 Å². The minimum atomic E-state index is -1.01. The fourth-order valence-electron chi connectivity index (χ4n) is 1.65. The molecule has 1 aromatic carbocycles. The lowest BCUT2D eigenvalue weighted by atomic mass is 10.3. The van der Waals surface area contributed by atoms with Gasteiger partial charge in [-0.1, -0.05) is 6.07 Å².